The number of fused-ring (bicyclic) bond motifs is 2. The van der Waals surface area contributed by atoms with Crippen molar-refractivity contribution in [3.8, 4) is 0 Å². The van der Waals surface area contributed by atoms with Crippen molar-refractivity contribution in [1.29, 1.82) is 0 Å². The van der Waals surface area contributed by atoms with Crippen LogP contribution >= 0.6 is 0 Å². The topological polar surface area (TPSA) is 49.3 Å². The molecule has 2 aromatic rings. The molecule has 0 aromatic carbocycles. The van der Waals surface area contributed by atoms with Crippen LogP contribution < -0.4 is 15.0 Å². The molecule has 3 rings (SSSR count). The van der Waals surface area contributed by atoms with Gasteiger partial charge in [-0.25, -0.2) is 9.97 Å². The summed E-state index contributed by atoms with van der Waals surface area (Å²) in [5, 5.41) is 1.39. The van der Waals surface area contributed by atoms with E-state index in [4.69, 9.17) is 9.97 Å². The summed E-state index contributed by atoms with van der Waals surface area (Å²) in [4.78, 5) is 26.0. The van der Waals surface area contributed by atoms with Crippen molar-refractivity contribution in [2.75, 3.05) is 22.9 Å². The van der Waals surface area contributed by atoms with Gasteiger partial charge in [-0.15, -0.1) is 0 Å². The molecule has 1 aliphatic heterocycles. The van der Waals surface area contributed by atoms with E-state index in [1.807, 2.05) is 12.3 Å². The summed E-state index contributed by atoms with van der Waals surface area (Å²) in [6.45, 7) is 13.2. The van der Waals surface area contributed by atoms with Gasteiger partial charge in [0.2, 0.25) is 0 Å². The minimum Gasteiger partial charge on any atom is -0.335 e. The fourth-order valence-corrected chi connectivity index (χ4v) is 5.35. The number of pyridine rings is 2. The fraction of sp³-hybridized carbons (Fsp3) is 0.500. The maximum Gasteiger partial charge on any atom is 0.158 e. The highest BCUT2D eigenvalue weighted by Crippen LogP contribution is 2.47. The third-order valence-electron chi connectivity index (χ3n) is 5.30. The van der Waals surface area contributed by atoms with Crippen molar-refractivity contribution < 1.29 is 4.79 Å². The Morgan fingerprint density at radius 2 is 1.46 bits per heavy atom. The molecular formula is C22H32N4OSi. The van der Waals surface area contributed by atoms with Gasteiger partial charge < -0.3 is 9.80 Å². The Labute approximate surface area is 169 Å². The highest BCUT2D eigenvalue weighted by Gasteiger charge is 2.36. The van der Waals surface area contributed by atoms with Crippen LogP contribution in [0.2, 0.25) is 19.6 Å². The van der Waals surface area contributed by atoms with Gasteiger partial charge in [0.25, 0.3) is 0 Å². The van der Waals surface area contributed by atoms with E-state index in [9.17, 15) is 4.79 Å². The largest absolute Gasteiger partial charge is 0.335 e. The minimum absolute atomic E-state index is 0.707. The highest BCUT2D eigenvalue weighted by molar-refractivity contribution is 6.90. The Bertz CT molecular complexity index is 847. The number of unbranched alkanes of at least 4 members (excludes halogenated alkanes) is 2. The number of anilines is 4. The van der Waals surface area contributed by atoms with E-state index in [-0.39, 0.29) is 0 Å². The number of carbonyl (C=O) groups is 1. The first kappa shape index (κ1) is 20.5. The van der Waals surface area contributed by atoms with Crippen LogP contribution in [0.4, 0.5) is 23.0 Å². The van der Waals surface area contributed by atoms with Gasteiger partial charge in [-0.1, -0.05) is 46.3 Å². The molecule has 28 heavy (non-hydrogen) atoms. The SMILES string of the molecule is CCCCN1c2nccc(C=O)c2N(CCCC)c2c([Si](C)(C)C)ccnc21. The second-order valence-corrected chi connectivity index (χ2v) is 13.5. The van der Waals surface area contributed by atoms with Gasteiger partial charge in [-0.05, 0) is 30.2 Å². The third-order valence-corrected chi connectivity index (χ3v) is 7.32. The van der Waals surface area contributed by atoms with Gasteiger partial charge in [0, 0.05) is 31.0 Å². The molecule has 0 radical (unpaired) electrons. The minimum atomic E-state index is -1.62. The van der Waals surface area contributed by atoms with Gasteiger partial charge in [0.15, 0.2) is 17.9 Å². The molecule has 5 nitrogen and oxygen atoms in total. The lowest BCUT2D eigenvalue weighted by molar-refractivity contribution is 0.112. The lowest BCUT2D eigenvalue weighted by Crippen LogP contribution is -2.45. The van der Waals surface area contributed by atoms with Gasteiger partial charge in [0.1, 0.15) is 0 Å². The molecule has 6 heteroatoms. The van der Waals surface area contributed by atoms with Crippen molar-refractivity contribution in [2.24, 2.45) is 0 Å². The zero-order chi connectivity index (χ0) is 20.3. The van der Waals surface area contributed by atoms with Crippen LogP contribution in [0.1, 0.15) is 49.9 Å². The summed E-state index contributed by atoms with van der Waals surface area (Å²) >= 11 is 0. The Morgan fingerprint density at radius 3 is 2.04 bits per heavy atom. The molecule has 0 fully saturated rings. The van der Waals surface area contributed by atoms with Crippen molar-refractivity contribution in [1.82, 2.24) is 9.97 Å². The predicted octanol–water partition coefficient (Wildman–Crippen LogP) is 5.02. The maximum absolute atomic E-state index is 11.9. The van der Waals surface area contributed by atoms with Crippen LogP contribution in [-0.4, -0.2) is 37.4 Å². The van der Waals surface area contributed by atoms with Crippen LogP contribution in [0, 0.1) is 0 Å². The molecule has 0 N–H and O–H groups in total. The van der Waals surface area contributed by atoms with Crippen molar-refractivity contribution >= 4 is 42.6 Å². The lowest BCUT2D eigenvalue weighted by Gasteiger charge is -2.41. The summed E-state index contributed by atoms with van der Waals surface area (Å²) in [5.74, 6) is 1.86. The van der Waals surface area contributed by atoms with Crippen molar-refractivity contribution in [3.05, 3.63) is 30.1 Å². The molecule has 2 aromatic heterocycles. The van der Waals surface area contributed by atoms with E-state index < -0.39 is 8.07 Å². The molecule has 0 unspecified atom stereocenters. The second kappa shape index (κ2) is 8.43. The Kier molecular flexibility index (Phi) is 6.18. The van der Waals surface area contributed by atoms with E-state index in [1.54, 1.807) is 6.20 Å². The summed E-state index contributed by atoms with van der Waals surface area (Å²) in [6.07, 6.45) is 8.96. The van der Waals surface area contributed by atoms with E-state index in [0.717, 1.165) is 62.4 Å². The third kappa shape index (κ3) is 3.70. The standard InChI is InChI=1S/C22H32N4OSi/c1-6-8-14-25-19-17(16-27)10-12-23-21(19)26(15-9-7-2)22-20(25)18(11-13-24-22)28(3,4)5/h10-13,16H,6-9,14-15H2,1-5H3. The second-order valence-electron chi connectivity index (χ2n) is 8.48. The van der Waals surface area contributed by atoms with E-state index >= 15 is 0 Å². The number of nitrogens with zero attached hydrogens (tertiary/aromatic N) is 4. The first-order valence-corrected chi connectivity index (χ1v) is 13.9. The number of carbonyl (C=O) groups excluding carboxylic acids is 1. The summed E-state index contributed by atoms with van der Waals surface area (Å²) < 4.78 is 0. The van der Waals surface area contributed by atoms with Gasteiger partial charge >= 0.3 is 0 Å². The monoisotopic (exact) mass is 396 g/mol. The average Bonchev–Trinajstić information content (AvgIpc) is 2.68. The van der Waals surface area contributed by atoms with E-state index in [2.05, 4.69) is 49.4 Å². The molecule has 0 saturated heterocycles. The lowest BCUT2D eigenvalue weighted by atomic mass is 10.1. The molecule has 0 bridgehead atoms. The van der Waals surface area contributed by atoms with Crippen molar-refractivity contribution in [2.45, 2.75) is 59.2 Å². The molecule has 3 heterocycles. The smallest absolute Gasteiger partial charge is 0.158 e. The van der Waals surface area contributed by atoms with Crippen LogP contribution in [0.3, 0.4) is 0 Å². The molecular weight excluding hydrogens is 364 g/mol. The fourth-order valence-electron chi connectivity index (χ4n) is 3.82. The summed E-state index contributed by atoms with van der Waals surface area (Å²) in [7, 11) is -1.62. The van der Waals surface area contributed by atoms with E-state index in [1.165, 1.54) is 10.9 Å². The first-order valence-electron chi connectivity index (χ1n) is 10.4. The van der Waals surface area contributed by atoms with Crippen LogP contribution in [0.25, 0.3) is 0 Å². The quantitative estimate of drug-likeness (QED) is 0.463. The number of hydrogen-bond acceptors (Lipinski definition) is 5. The highest BCUT2D eigenvalue weighted by atomic mass is 28.3. The van der Waals surface area contributed by atoms with Crippen molar-refractivity contribution in [3.63, 3.8) is 0 Å². The molecule has 150 valence electrons. The molecule has 0 amide bonds. The molecule has 0 spiro atoms. The van der Waals surface area contributed by atoms with E-state index in [0.29, 0.717) is 5.56 Å². The Morgan fingerprint density at radius 1 is 0.893 bits per heavy atom. The van der Waals surface area contributed by atoms with Crippen LogP contribution in [0.15, 0.2) is 24.5 Å². The normalized spacial score (nSPS) is 13.3. The molecule has 0 aliphatic carbocycles. The average molecular weight is 397 g/mol. The summed E-state index contributed by atoms with van der Waals surface area (Å²) in [6, 6.07) is 4.02. The Balaban J connectivity index is 2.30. The maximum atomic E-state index is 11.9. The predicted molar refractivity (Wildman–Crippen MR) is 121 cm³/mol. The number of aromatic nitrogens is 2. The molecule has 0 atom stereocenters. The zero-order valence-corrected chi connectivity index (χ0v) is 18.8. The number of aldehydes is 1. The first-order chi connectivity index (χ1) is 13.4. The van der Waals surface area contributed by atoms with Gasteiger partial charge in [-0.3, -0.25) is 4.79 Å². The number of hydrogen-bond donors (Lipinski definition) is 0. The van der Waals surface area contributed by atoms with Crippen LogP contribution in [-0.2, 0) is 0 Å². The molecule has 1 aliphatic rings. The van der Waals surface area contributed by atoms with Gasteiger partial charge in [0.05, 0.1) is 19.4 Å². The van der Waals surface area contributed by atoms with Gasteiger partial charge in [-0.2, -0.15) is 0 Å². The molecule has 0 saturated carbocycles. The Hall–Kier alpha value is -2.21. The van der Waals surface area contributed by atoms with Crippen LogP contribution in [0.5, 0.6) is 0 Å². The zero-order valence-electron chi connectivity index (χ0n) is 17.8. The summed E-state index contributed by atoms with van der Waals surface area (Å²) in [5.41, 5.74) is 2.84. The number of rotatable bonds is 8.